The summed E-state index contributed by atoms with van der Waals surface area (Å²) in [5, 5.41) is 26.4. The van der Waals surface area contributed by atoms with Crippen molar-refractivity contribution >= 4 is 17.4 Å². The summed E-state index contributed by atoms with van der Waals surface area (Å²) in [5.41, 5.74) is 0.424. The summed E-state index contributed by atoms with van der Waals surface area (Å²) in [4.78, 5) is 23.5. The van der Waals surface area contributed by atoms with Crippen molar-refractivity contribution in [2.45, 2.75) is 6.04 Å². The van der Waals surface area contributed by atoms with Gasteiger partial charge in [0.2, 0.25) is 5.78 Å². The van der Waals surface area contributed by atoms with Gasteiger partial charge in [-0.05, 0) is 40.9 Å². The minimum atomic E-state index is -1.16. The molecule has 1 unspecified atom stereocenters. The van der Waals surface area contributed by atoms with Gasteiger partial charge in [-0.1, -0.05) is 0 Å². The van der Waals surface area contributed by atoms with E-state index in [2.05, 4.69) is 25.9 Å². The first-order valence-electron chi connectivity index (χ1n) is 5.62. The van der Waals surface area contributed by atoms with Crippen LogP contribution in [-0.2, 0) is 4.79 Å². The molecule has 2 N–H and O–H groups in total. The lowest BCUT2D eigenvalue weighted by Crippen LogP contribution is -2.39. The highest BCUT2D eigenvalue weighted by Crippen LogP contribution is 2.13. The summed E-state index contributed by atoms with van der Waals surface area (Å²) < 4.78 is 1.11. The second-order valence-electron chi connectivity index (χ2n) is 4.00. The van der Waals surface area contributed by atoms with Crippen LogP contribution in [0, 0.1) is 0 Å². The predicted octanol–water partition coefficient (Wildman–Crippen LogP) is -0.801. The fraction of sp³-hybridized carbons (Fsp3) is 0.0909. The minimum absolute atomic E-state index is 0.0453. The summed E-state index contributed by atoms with van der Waals surface area (Å²) in [6, 6.07) is 2.00. The van der Waals surface area contributed by atoms with Crippen LogP contribution >= 0.6 is 0 Å². The Morgan fingerprint density at radius 2 is 2.20 bits per heavy atom. The van der Waals surface area contributed by atoms with Crippen molar-refractivity contribution in [3.8, 4) is 0 Å². The van der Waals surface area contributed by atoms with Gasteiger partial charge in [-0.2, -0.15) is 0 Å². The van der Waals surface area contributed by atoms with E-state index in [0.29, 0.717) is 5.65 Å². The zero-order valence-electron chi connectivity index (χ0n) is 9.96. The number of fused-ring (bicyclic) bond motifs is 1. The lowest BCUT2D eigenvalue weighted by molar-refractivity contribution is -0.132. The molecule has 20 heavy (non-hydrogen) atoms. The first kappa shape index (κ1) is 12.0. The molecule has 9 heteroatoms. The largest absolute Gasteiger partial charge is 0.478 e. The molecular weight excluding hydrogens is 264 g/mol. The topological polar surface area (TPSA) is 122 Å². The van der Waals surface area contributed by atoms with Gasteiger partial charge >= 0.3 is 5.97 Å². The molecule has 2 aromatic heterocycles. The lowest BCUT2D eigenvalue weighted by atomic mass is 9.98. The molecule has 0 saturated heterocycles. The average molecular weight is 272 g/mol. The Morgan fingerprint density at radius 1 is 1.35 bits per heavy atom. The van der Waals surface area contributed by atoms with Crippen LogP contribution in [0.1, 0.15) is 10.5 Å². The third-order valence-corrected chi connectivity index (χ3v) is 2.78. The minimum Gasteiger partial charge on any atom is -0.478 e. The van der Waals surface area contributed by atoms with Crippen molar-refractivity contribution in [1.82, 2.24) is 30.6 Å². The molecule has 100 valence electrons. The monoisotopic (exact) mass is 272 g/mol. The number of tetrazole rings is 1. The summed E-state index contributed by atoms with van der Waals surface area (Å²) in [6.07, 6.45) is 4.40. The third-order valence-electron chi connectivity index (χ3n) is 2.78. The first-order valence-corrected chi connectivity index (χ1v) is 5.62. The number of nitrogens with zero attached hydrogens (tertiary/aromatic N) is 5. The van der Waals surface area contributed by atoms with E-state index in [1.165, 1.54) is 30.5 Å². The van der Waals surface area contributed by atoms with Crippen LogP contribution in [0.5, 0.6) is 0 Å². The van der Waals surface area contributed by atoms with Crippen LogP contribution < -0.4 is 5.32 Å². The fourth-order valence-electron chi connectivity index (χ4n) is 1.83. The van der Waals surface area contributed by atoms with E-state index in [-0.39, 0.29) is 11.3 Å². The molecule has 0 saturated carbocycles. The van der Waals surface area contributed by atoms with Crippen molar-refractivity contribution in [3.05, 3.63) is 41.8 Å². The Hall–Kier alpha value is -3.10. The number of carboxylic acids is 1. The quantitative estimate of drug-likeness (QED) is 0.696. The molecule has 0 bridgehead atoms. The molecule has 1 atom stereocenters. The second kappa shape index (κ2) is 4.53. The number of carboxylic acid groups (broad SMARTS) is 1. The maximum absolute atomic E-state index is 12.3. The number of hydrogen-bond donors (Lipinski definition) is 2. The molecule has 0 radical (unpaired) electrons. The number of hydrogen-bond acceptors (Lipinski definition) is 7. The van der Waals surface area contributed by atoms with Gasteiger partial charge in [0.1, 0.15) is 11.7 Å². The van der Waals surface area contributed by atoms with Gasteiger partial charge in [-0.3, -0.25) is 4.79 Å². The summed E-state index contributed by atoms with van der Waals surface area (Å²) >= 11 is 0. The highest BCUT2D eigenvalue weighted by atomic mass is 16.4. The van der Waals surface area contributed by atoms with E-state index in [0.717, 1.165) is 4.63 Å². The van der Waals surface area contributed by atoms with Gasteiger partial charge in [0.05, 0.1) is 5.57 Å². The Morgan fingerprint density at radius 3 is 3.00 bits per heavy atom. The third kappa shape index (κ3) is 1.90. The lowest BCUT2D eigenvalue weighted by Gasteiger charge is -2.18. The number of dihydropyridines is 1. The molecule has 0 spiro atoms. The molecule has 0 aromatic carbocycles. The SMILES string of the molecule is O=C(O)C1=CC=CNC1C(=O)c1ccc2nnnn2n1. The zero-order valence-corrected chi connectivity index (χ0v) is 9.96. The molecule has 3 rings (SSSR count). The first-order chi connectivity index (χ1) is 9.66. The normalized spacial score (nSPS) is 17.6. The van der Waals surface area contributed by atoms with E-state index < -0.39 is 17.8 Å². The highest BCUT2D eigenvalue weighted by molar-refractivity contribution is 6.07. The van der Waals surface area contributed by atoms with E-state index in [1.54, 1.807) is 0 Å². The van der Waals surface area contributed by atoms with Crippen LogP contribution in [0.15, 0.2) is 36.1 Å². The van der Waals surface area contributed by atoms with E-state index >= 15 is 0 Å². The number of allylic oxidation sites excluding steroid dienone is 2. The second-order valence-corrected chi connectivity index (χ2v) is 4.00. The number of nitrogens with one attached hydrogen (secondary N) is 1. The molecule has 9 nitrogen and oxygen atoms in total. The number of aliphatic carboxylic acids is 1. The van der Waals surface area contributed by atoms with Crippen molar-refractivity contribution in [3.63, 3.8) is 0 Å². The van der Waals surface area contributed by atoms with Crippen molar-refractivity contribution in [1.29, 1.82) is 0 Å². The average Bonchev–Trinajstić information content (AvgIpc) is 2.93. The van der Waals surface area contributed by atoms with Crippen molar-refractivity contribution < 1.29 is 14.7 Å². The molecule has 0 amide bonds. The number of rotatable bonds is 3. The molecular formula is C11H8N6O3. The van der Waals surface area contributed by atoms with E-state index in [9.17, 15) is 9.59 Å². The molecule has 0 fully saturated rings. The molecule has 3 heterocycles. The van der Waals surface area contributed by atoms with Gasteiger partial charge < -0.3 is 10.4 Å². The Kier molecular flexibility index (Phi) is 2.71. The van der Waals surface area contributed by atoms with Crippen molar-refractivity contribution in [2.24, 2.45) is 0 Å². The molecule has 2 aromatic rings. The van der Waals surface area contributed by atoms with Crippen molar-refractivity contribution in [2.75, 3.05) is 0 Å². The maximum atomic E-state index is 12.3. The zero-order chi connectivity index (χ0) is 14.1. The number of carbonyl (C=O) groups is 2. The van der Waals surface area contributed by atoms with Gasteiger partial charge in [-0.15, -0.1) is 14.8 Å². The molecule has 1 aliphatic rings. The predicted molar refractivity (Wildman–Crippen MR) is 64.7 cm³/mol. The summed E-state index contributed by atoms with van der Waals surface area (Å²) in [6.45, 7) is 0. The number of ketones is 1. The van der Waals surface area contributed by atoms with Gasteiger partial charge in [0.25, 0.3) is 0 Å². The van der Waals surface area contributed by atoms with Gasteiger partial charge in [0, 0.05) is 0 Å². The van der Waals surface area contributed by atoms with Gasteiger partial charge in [-0.25, -0.2) is 4.79 Å². The van der Waals surface area contributed by atoms with Crippen LogP contribution in [0.4, 0.5) is 0 Å². The number of carbonyl (C=O) groups excluding carboxylic acids is 1. The highest BCUT2D eigenvalue weighted by Gasteiger charge is 2.29. The summed E-state index contributed by atoms with van der Waals surface area (Å²) in [5.74, 6) is -1.64. The smallest absolute Gasteiger partial charge is 0.334 e. The molecule has 1 aliphatic heterocycles. The van der Waals surface area contributed by atoms with Crippen LogP contribution in [0.2, 0.25) is 0 Å². The number of Topliss-reactive ketones (excluding diaryl/α,β-unsaturated/α-hetero) is 1. The fourth-order valence-corrected chi connectivity index (χ4v) is 1.83. The standard InChI is InChI=1S/C11H8N6O3/c18-10(9-6(11(19)20)2-1-5-12-9)7-3-4-8-13-15-16-17(8)14-7/h1-5,9,12H,(H,19,20). The van der Waals surface area contributed by atoms with E-state index in [4.69, 9.17) is 5.11 Å². The van der Waals surface area contributed by atoms with Crippen LogP contribution in [-0.4, -0.2) is 48.2 Å². The van der Waals surface area contributed by atoms with Crippen LogP contribution in [0.25, 0.3) is 5.65 Å². The van der Waals surface area contributed by atoms with E-state index in [1.807, 2.05) is 0 Å². The Balaban J connectivity index is 1.97. The maximum Gasteiger partial charge on any atom is 0.334 e. The Labute approximate surface area is 111 Å². The van der Waals surface area contributed by atoms with Crippen LogP contribution in [0.3, 0.4) is 0 Å². The van der Waals surface area contributed by atoms with Gasteiger partial charge in [0.15, 0.2) is 5.65 Å². The number of aromatic nitrogens is 5. The molecule has 0 aliphatic carbocycles. The Bertz CT molecular complexity index is 762. The summed E-state index contributed by atoms with van der Waals surface area (Å²) in [7, 11) is 0.